The summed E-state index contributed by atoms with van der Waals surface area (Å²) in [6, 6.07) is 5.20. The van der Waals surface area contributed by atoms with Crippen LogP contribution in [0, 0.1) is 5.92 Å². The average molecular weight is 301 g/mol. The number of benzene rings is 1. The Morgan fingerprint density at radius 3 is 2.86 bits per heavy atom. The molecule has 3 nitrogen and oxygen atoms in total. The molecule has 1 aliphatic heterocycles. The van der Waals surface area contributed by atoms with Crippen molar-refractivity contribution in [2.75, 3.05) is 13.7 Å². The Labute approximate surface area is 121 Å². The number of esters is 1. The first kappa shape index (κ1) is 15.8. The van der Waals surface area contributed by atoms with E-state index in [9.17, 15) is 18.0 Å². The monoisotopic (exact) mass is 301 g/mol. The van der Waals surface area contributed by atoms with Gasteiger partial charge in [-0.2, -0.15) is 13.2 Å². The molecule has 0 radical (unpaired) electrons. The molecule has 6 heteroatoms. The Hall–Kier alpha value is -1.56. The van der Waals surface area contributed by atoms with Crippen molar-refractivity contribution in [2.24, 2.45) is 5.92 Å². The normalized spacial score (nSPS) is 22.9. The molecule has 21 heavy (non-hydrogen) atoms. The summed E-state index contributed by atoms with van der Waals surface area (Å²) in [4.78, 5) is 11.3. The number of carbonyl (C=O) groups is 1. The fourth-order valence-electron chi connectivity index (χ4n) is 2.69. The fourth-order valence-corrected chi connectivity index (χ4v) is 2.69. The second-order valence-corrected chi connectivity index (χ2v) is 5.30. The zero-order chi connectivity index (χ0) is 15.5. The van der Waals surface area contributed by atoms with Gasteiger partial charge in [-0.25, -0.2) is 0 Å². The first-order chi connectivity index (χ1) is 9.90. The molecule has 1 aliphatic rings. The van der Waals surface area contributed by atoms with E-state index < -0.39 is 11.7 Å². The Morgan fingerprint density at radius 2 is 2.19 bits per heavy atom. The van der Waals surface area contributed by atoms with Gasteiger partial charge in [-0.05, 0) is 43.0 Å². The van der Waals surface area contributed by atoms with E-state index in [1.165, 1.54) is 19.2 Å². The van der Waals surface area contributed by atoms with Gasteiger partial charge < -0.3 is 10.1 Å². The minimum absolute atomic E-state index is 0.137. The number of nitrogens with one attached hydrogen (secondary N) is 1. The summed E-state index contributed by atoms with van der Waals surface area (Å²) in [5.41, 5.74) is -0.0312. The van der Waals surface area contributed by atoms with E-state index in [4.69, 9.17) is 0 Å². The van der Waals surface area contributed by atoms with Crippen LogP contribution in [0.5, 0.6) is 0 Å². The van der Waals surface area contributed by atoms with Crippen LogP contribution < -0.4 is 5.32 Å². The van der Waals surface area contributed by atoms with Gasteiger partial charge in [-0.1, -0.05) is 12.1 Å². The first-order valence-corrected chi connectivity index (χ1v) is 6.87. The number of hydrogen-bond acceptors (Lipinski definition) is 3. The maximum atomic E-state index is 12.7. The predicted octanol–water partition coefficient (Wildman–Crippen LogP) is 3.31. The minimum Gasteiger partial charge on any atom is -0.469 e. The maximum Gasteiger partial charge on any atom is 0.416 e. The third-order valence-electron chi connectivity index (χ3n) is 3.81. The molecule has 2 rings (SSSR count). The van der Waals surface area contributed by atoms with Crippen molar-refractivity contribution >= 4 is 5.97 Å². The van der Waals surface area contributed by atoms with Crippen molar-refractivity contribution in [3.8, 4) is 0 Å². The molecular weight excluding hydrogens is 283 g/mol. The molecule has 1 N–H and O–H groups in total. The summed E-state index contributed by atoms with van der Waals surface area (Å²) in [5.74, 6) is -0.136. The van der Waals surface area contributed by atoms with Gasteiger partial charge in [0.25, 0.3) is 0 Å². The highest BCUT2D eigenvalue weighted by molar-refractivity contribution is 5.69. The number of piperidine rings is 1. The summed E-state index contributed by atoms with van der Waals surface area (Å²) in [5, 5.41) is 3.22. The molecule has 0 unspecified atom stereocenters. The fraction of sp³-hybridized carbons (Fsp3) is 0.533. The van der Waals surface area contributed by atoms with E-state index >= 15 is 0 Å². The van der Waals surface area contributed by atoms with Crippen LogP contribution in [0.4, 0.5) is 13.2 Å². The number of ether oxygens (including phenoxy) is 1. The lowest BCUT2D eigenvalue weighted by atomic mass is 9.86. The largest absolute Gasteiger partial charge is 0.469 e. The summed E-state index contributed by atoms with van der Waals surface area (Å²) in [7, 11) is 1.34. The SMILES string of the molecule is COC(=O)C[C@H]1CCN[C@@H](c2cccc(C(F)(F)F)c2)C1. The molecule has 0 saturated carbocycles. The zero-order valence-corrected chi connectivity index (χ0v) is 11.7. The topological polar surface area (TPSA) is 38.3 Å². The first-order valence-electron chi connectivity index (χ1n) is 6.87. The van der Waals surface area contributed by atoms with Crippen molar-refractivity contribution < 1.29 is 22.7 Å². The maximum absolute atomic E-state index is 12.7. The second kappa shape index (κ2) is 6.47. The van der Waals surface area contributed by atoms with Crippen LogP contribution >= 0.6 is 0 Å². The van der Waals surface area contributed by atoms with Gasteiger partial charge in [0.15, 0.2) is 0 Å². The van der Waals surface area contributed by atoms with Crippen LogP contribution in [0.1, 0.15) is 36.4 Å². The van der Waals surface area contributed by atoms with Crippen molar-refractivity contribution in [3.63, 3.8) is 0 Å². The molecule has 1 saturated heterocycles. The van der Waals surface area contributed by atoms with Gasteiger partial charge in [0.2, 0.25) is 0 Å². The Bertz CT molecular complexity index is 502. The molecule has 0 aliphatic carbocycles. The molecular formula is C15H18F3NO2. The molecule has 1 heterocycles. The van der Waals surface area contributed by atoms with Gasteiger partial charge >= 0.3 is 12.1 Å². The van der Waals surface area contributed by atoms with Crippen molar-refractivity contribution in [1.29, 1.82) is 0 Å². The van der Waals surface area contributed by atoms with Crippen LogP contribution in [0.15, 0.2) is 24.3 Å². The average Bonchev–Trinajstić information content (AvgIpc) is 2.46. The van der Waals surface area contributed by atoms with Crippen molar-refractivity contribution in [2.45, 2.75) is 31.5 Å². The lowest BCUT2D eigenvalue weighted by Gasteiger charge is -2.30. The molecule has 116 valence electrons. The highest BCUT2D eigenvalue weighted by Gasteiger charge is 2.32. The summed E-state index contributed by atoms with van der Waals surface area (Å²) < 4.78 is 42.9. The number of alkyl halides is 3. The Balaban J connectivity index is 2.09. The van der Waals surface area contributed by atoms with Gasteiger partial charge in [0.05, 0.1) is 12.7 Å². The standard InChI is InChI=1S/C15H18F3NO2/c1-21-14(20)8-10-5-6-19-13(7-10)11-3-2-4-12(9-11)15(16,17)18/h2-4,9-10,13,19H,5-8H2,1H3/t10-,13+/m0/s1. The third-order valence-corrected chi connectivity index (χ3v) is 3.81. The molecule has 2 atom stereocenters. The third kappa shape index (κ3) is 4.20. The molecule has 0 bridgehead atoms. The van der Waals surface area contributed by atoms with E-state index in [1.54, 1.807) is 6.07 Å². The predicted molar refractivity (Wildman–Crippen MR) is 71.5 cm³/mol. The molecule has 0 amide bonds. The van der Waals surface area contributed by atoms with Gasteiger partial charge in [-0.3, -0.25) is 4.79 Å². The molecule has 1 fully saturated rings. The summed E-state index contributed by atoms with van der Waals surface area (Å²) in [6.45, 7) is 0.683. The van der Waals surface area contributed by atoms with Crippen LogP contribution in [0.3, 0.4) is 0 Å². The van der Waals surface area contributed by atoms with E-state index in [-0.39, 0.29) is 17.9 Å². The number of rotatable bonds is 3. The number of halogens is 3. The number of hydrogen-bond donors (Lipinski definition) is 1. The smallest absolute Gasteiger partial charge is 0.416 e. The second-order valence-electron chi connectivity index (χ2n) is 5.30. The van der Waals surface area contributed by atoms with E-state index in [1.807, 2.05) is 0 Å². The van der Waals surface area contributed by atoms with E-state index in [2.05, 4.69) is 10.1 Å². The van der Waals surface area contributed by atoms with Crippen LogP contribution in [0.25, 0.3) is 0 Å². The number of methoxy groups -OCH3 is 1. The molecule has 1 aromatic carbocycles. The lowest BCUT2D eigenvalue weighted by Crippen LogP contribution is -2.33. The highest BCUT2D eigenvalue weighted by Crippen LogP contribution is 2.34. The Kier molecular flexibility index (Phi) is 4.88. The van der Waals surface area contributed by atoms with Crippen LogP contribution in [0.2, 0.25) is 0 Å². The van der Waals surface area contributed by atoms with E-state index in [0.29, 0.717) is 24.9 Å². The van der Waals surface area contributed by atoms with Gasteiger partial charge in [0.1, 0.15) is 0 Å². The van der Waals surface area contributed by atoms with Crippen LogP contribution in [-0.2, 0) is 15.7 Å². The van der Waals surface area contributed by atoms with Crippen molar-refractivity contribution in [1.82, 2.24) is 5.32 Å². The van der Waals surface area contributed by atoms with E-state index in [0.717, 1.165) is 12.5 Å². The summed E-state index contributed by atoms with van der Waals surface area (Å²) in [6.07, 6.45) is -2.56. The number of carbonyl (C=O) groups excluding carboxylic acids is 1. The Morgan fingerprint density at radius 1 is 1.43 bits per heavy atom. The van der Waals surface area contributed by atoms with Gasteiger partial charge in [0, 0.05) is 12.5 Å². The van der Waals surface area contributed by atoms with Gasteiger partial charge in [-0.15, -0.1) is 0 Å². The van der Waals surface area contributed by atoms with Crippen molar-refractivity contribution in [3.05, 3.63) is 35.4 Å². The highest BCUT2D eigenvalue weighted by atomic mass is 19.4. The summed E-state index contributed by atoms with van der Waals surface area (Å²) >= 11 is 0. The molecule has 0 spiro atoms. The minimum atomic E-state index is -4.34. The lowest BCUT2D eigenvalue weighted by molar-refractivity contribution is -0.142. The molecule has 0 aromatic heterocycles. The zero-order valence-electron chi connectivity index (χ0n) is 11.7. The molecule has 1 aromatic rings. The quantitative estimate of drug-likeness (QED) is 0.871. The van der Waals surface area contributed by atoms with Crippen LogP contribution in [-0.4, -0.2) is 19.6 Å².